The van der Waals surface area contributed by atoms with Gasteiger partial charge in [0, 0.05) is 42.0 Å². The fourth-order valence-corrected chi connectivity index (χ4v) is 3.15. The van der Waals surface area contributed by atoms with Crippen molar-refractivity contribution in [2.24, 2.45) is 0 Å². The molecule has 0 bridgehead atoms. The summed E-state index contributed by atoms with van der Waals surface area (Å²) in [5.74, 6) is 0.813. The molecule has 1 aliphatic rings. The van der Waals surface area contributed by atoms with Crippen molar-refractivity contribution < 1.29 is 9.53 Å². The summed E-state index contributed by atoms with van der Waals surface area (Å²) >= 11 is 3.38. The summed E-state index contributed by atoms with van der Waals surface area (Å²) in [5, 5.41) is 5.72. The van der Waals surface area contributed by atoms with Crippen molar-refractivity contribution >= 4 is 39.0 Å². The summed E-state index contributed by atoms with van der Waals surface area (Å²) in [5.41, 5.74) is 2.47. The van der Waals surface area contributed by atoms with Gasteiger partial charge in [-0.15, -0.1) is 0 Å². The smallest absolute Gasteiger partial charge is 0.323 e. The summed E-state index contributed by atoms with van der Waals surface area (Å²) in [4.78, 5) is 16.9. The Hall–Kier alpha value is -2.25. The number of amides is 2. The number of hydrogen-bond donors (Lipinski definition) is 2. The lowest BCUT2D eigenvalue weighted by Gasteiger charge is -2.34. The van der Waals surface area contributed by atoms with Crippen LogP contribution in [0.3, 0.4) is 0 Å². The lowest BCUT2D eigenvalue weighted by Crippen LogP contribution is -2.44. The number of anilines is 3. The summed E-state index contributed by atoms with van der Waals surface area (Å²) in [6, 6.07) is 12.9. The second kappa shape index (κ2) is 8.42. The molecule has 0 aliphatic carbocycles. The first-order valence-corrected chi connectivity index (χ1v) is 9.29. The predicted molar refractivity (Wildman–Crippen MR) is 109 cm³/mol. The molecule has 3 rings (SSSR count). The van der Waals surface area contributed by atoms with Crippen molar-refractivity contribution in [1.82, 2.24) is 4.90 Å². The minimum Gasteiger partial charge on any atom is -0.495 e. The maximum atomic E-state index is 12.3. The highest BCUT2D eigenvalue weighted by atomic mass is 79.9. The molecule has 1 fully saturated rings. The van der Waals surface area contributed by atoms with Crippen LogP contribution in [0.15, 0.2) is 46.9 Å². The van der Waals surface area contributed by atoms with Gasteiger partial charge in [0.15, 0.2) is 0 Å². The highest BCUT2D eigenvalue weighted by Crippen LogP contribution is 2.32. The van der Waals surface area contributed by atoms with E-state index in [0.717, 1.165) is 53.5 Å². The molecule has 0 aromatic heterocycles. The van der Waals surface area contributed by atoms with Gasteiger partial charge < -0.3 is 25.2 Å². The largest absolute Gasteiger partial charge is 0.495 e. The number of ether oxygens (including phenoxy) is 1. The minimum atomic E-state index is -0.276. The quantitative estimate of drug-likeness (QED) is 0.791. The van der Waals surface area contributed by atoms with Crippen LogP contribution in [0, 0.1) is 0 Å². The van der Waals surface area contributed by atoms with E-state index in [2.05, 4.69) is 43.4 Å². The molecule has 0 atom stereocenters. The number of nitrogens with one attached hydrogen (secondary N) is 2. The Balaban J connectivity index is 1.70. The van der Waals surface area contributed by atoms with Crippen molar-refractivity contribution in [1.29, 1.82) is 0 Å². The number of likely N-dealkylation sites (N-methyl/N-ethyl adjacent to an activating group) is 1. The molecule has 138 valence electrons. The number of urea groups is 1. The van der Waals surface area contributed by atoms with E-state index in [1.807, 2.05) is 42.5 Å². The molecule has 26 heavy (non-hydrogen) atoms. The summed E-state index contributed by atoms with van der Waals surface area (Å²) in [7, 11) is 3.79. The van der Waals surface area contributed by atoms with Crippen molar-refractivity contribution in [2.75, 3.05) is 55.9 Å². The number of piperazine rings is 1. The van der Waals surface area contributed by atoms with Crippen LogP contribution < -0.4 is 20.3 Å². The Labute approximate surface area is 162 Å². The minimum absolute atomic E-state index is 0.276. The molecular weight excluding hydrogens is 396 g/mol. The topological polar surface area (TPSA) is 56.8 Å². The van der Waals surface area contributed by atoms with E-state index >= 15 is 0 Å². The van der Waals surface area contributed by atoms with Crippen LogP contribution in [0.1, 0.15) is 0 Å². The molecule has 0 unspecified atom stereocenters. The highest BCUT2D eigenvalue weighted by molar-refractivity contribution is 9.10. The van der Waals surface area contributed by atoms with E-state index in [1.54, 1.807) is 7.11 Å². The van der Waals surface area contributed by atoms with E-state index in [1.165, 1.54) is 0 Å². The Morgan fingerprint density at radius 1 is 1.00 bits per heavy atom. The number of carbonyl (C=O) groups excluding carboxylic acids is 1. The number of nitrogens with zero attached hydrogens (tertiary/aromatic N) is 2. The average molecular weight is 419 g/mol. The van der Waals surface area contributed by atoms with Gasteiger partial charge in [-0.1, -0.05) is 15.9 Å². The maximum absolute atomic E-state index is 12.3. The number of carbonyl (C=O) groups is 1. The molecule has 1 saturated heterocycles. The molecular formula is C19H23BrN4O2. The van der Waals surface area contributed by atoms with Gasteiger partial charge in [-0.3, -0.25) is 0 Å². The molecule has 0 spiro atoms. The van der Waals surface area contributed by atoms with Crippen LogP contribution in [0.25, 0.3) is 0 Å². The lowest BCUT2D eigenvalue weighted by molar-refractivity contribution is 0.262. The summed E-state index contributed by atoms with van der Waals surface area (Å²) in [6.07, 6.45) is 0. The van der Waals surface area contributed by atoms with Gasteiger partial charge in [0.2, 0.25) is 0 Å². The highest BCUT2D eigenvalue weighted by Gasteiger charge is 2.18. The summed E-state index contributed by atoms with van der Waals surface area (Å²) < 4.78 is 6.47. The molecule has 2 aromatic carbocycles. The van der Waals surface area contributed by atoms with Crippen LogP contribution in [0.4, 0.5) is 21.9 Å². The van der Waals surface area contributed by atoms with Gasteiger partial charge in [-0.25, -0.2) is 4.79 Å². The van der Waals surface area contributed by atoms with Crippen LogP contribution in [-0.4, -0.2) is 51.3 Å². The Bertz CT molecular complexity index is 759. The third kappa shape index (κ3) is 4.68. The first-order chi connectivity index (χ1) is 12.5. The zero-order chi connectivity index (χ0) is 18.5. The van der Waals surface area contributed by atoms with Crippen LogP contribution >= 0.6 is 15.9 Å². The van der Waals surface area contributed by atoms with Crippen molar-refractivity contribution in [3.63, 3.8) is 0 Å². The van der Waals surface area contributed by atoms with Crippen molar-refractivity contribution in [2.45, 2.75) is 0 Å². The summed E-state index contributed by atoms with van der Waals surface area (Å²) in [6.45, 7) is 3.87. The fraction of sp³-hybridized carbons (Fsp3) is 0.316. The first-order valence-electron chi connectivity index (χ1n) is 8.50. The Morgan fingerprint density at radius 2 is 1.62 bits per heavy atom. The van der Waals surface area contributed by atoms with Gasteiger partial charge in [0.25, 0.3) is 0 Å². The van der Waals surface area contributed by atoms with Gasteiger partial charge in [0.1, 0.15) is 5.75 Å². The second-order valence-electron chi connectivity index (χ2n) is 6.26. The number of methoxy groups -OCH3 is 1. The third-order valence-corrected chi connectivity index (χ3v) is 4.91. The van der Waals surface area contributed by atoms with Gasteiger partial charge in [-0.2, -0.15) is 0 Å². The zero-order valence-corrected chi connectivity index (χ0v) is 16.5. The van der Waals surface area contributed by atoms with Crippen molar-refractivity contribution in [3.05, 3.63) is 46.9 Å². The number of benzene rings is 2. The molecule has 2 N–H and O–H groups in total. The van der Waals surface area contributed by atoms with Gasteiger partial charge >= 0.3 is 6.03 Å². The van der Waals surface area contributed by atoms with Crippen LogP contribution in [-0.2, 0) is 0 Å². The molecule has 0 radical (unpaired) electrons. The molecule has 0 saturated carbocycles. The molecule has 2 amide bonds. The molecule has 6 nitrogen and oxygen atoms in total. The molecule has 1 aliphatic heterocycles. The molecule has 7 heteroatoms. The van der Waals surface area contributed by atoms with Crippen LogP contribution in [0.5, 0.6) is 5.75 Å². The van der Waals surface area contributed by atoms with Gasteiger partial charge in [0.05, 0.1) is 12.8 Å². The Kier molecular flexibility index (Phi) is 6.00. The SMILES string of the molecule is COc1ccc(NC(=O)Nc2ccc(Br)cc2)cc1N1CCN(C)CC1. The normalized spacial score (nSPS) is 14.8. The number of hydrogen-bond acceptors (Lipinski definition) is 4. The first kappa shape index (κ1) is 18.5. The molecule has 1 heterocycles. The standard InChI is InChI=1S/C19H23BrN4O2/c1-23-9-11-24(12-10-23)17-13-16(7-8-18(17)26-2)22-19(25)21-15-5-3-14(20)4-6-15/h3-8,13H,9-12H2,1-2H3,(H2,21,22,25). The van der Waals surface area contributed by atoms with E-state index < -0.39 is 0 Å². The lowest BCUT2D eigenvalue weighted by atomic mass is 10.2. The fourth-order valence-electron chi connectivity index (χ4n) is 2.89. The van der Waals surface area contributed by atoms with Crippen molar-refractivity contribution in [3.8, 4) is 5.75 Å². The number of rotatable bonds is 4. The molecule has 2 aromatic rings. The third-order valence-electron chi connectivity index (χ3n) is 4.38. The van der Waals surface area contributed by atoms with E-state index in [-0.39, 0.29) is 6.03 Å². The van der Waals surface area contributed by atoms with E-state index in [9.17, 15) is 4.79 Å². The predicted octanol–water partition coefficient (Wildman–Crippen LogP) is 3.85. The maximum Gasteiger partial charge on any atom is 0.323 e. The van der Waals surface area contributed by atoms with E-state index in [0.29, 0.717) is 0 Å². The monoisotopic (exact) mass is 418 g/mol. The number of halogens is 1. The zero-order valence-electron chi connectivity index (χ0n) is 15.0. The van der Waals surface area contributed by atoms with Gasteiger partial charge in [-0.05, 0) is 49.5 Å². The van der Waals surface area contributed by atoms with E-state index in [4.69, 9.17) is 4.74 Å². The van der Waals surface area contributed by atoms with Crippen LogP contribution in [0.2, 0.25) is 0 Å². The Morgan fingerprint density at radius 3 is 2.27 bits per heavy atom. The average Bonchev–Trinajstić information content (AvgIpc) is 2.64. The second-order valence-corrected chi connectivity index (χ2v) is 7.18.